The third-order valence-corrected chi connectivity index (χ3v) is 1.21. The van der Waals surface area contributed by atoms with Crippen molar-refractivity contribution in [1.82, 2.24) is 0 Å². The molecule has 0 aliphatic heterocycles. The molecule has 6 heteroatoms. The van der Waals surface area contributed by atoms with Crippen molar-refractivity contribution in [2.75, 3.05) is 0 Å². The first-order chi connectivity index (χ1) is 8.57. The minimum atomic E-state index is -0.588. The van der Waals surface area contributed by atoms with Crippen molar-refractivity contribution in [3.8, 4) is 0 Å². The normalized spacial score (nSPS) is 7.56. The van der Waals surface area contributed by atoms with Gasteiger partial charge in [-0.15, -0.1) is 0 Å². The van der Waals surface area contributed by atoms with Crippen LogP contribution >= 0.6 is 0 Å². The fraction of sp³-hybridized carbons (Fsp3) is 0.333. The van der Waals surface area contributed by atoms with Crippen LogP contribution in [0.2, 0.25) is 0 Å². The van der Waals surface area contributed by atoms with Crippen LogP contribution in [0.4, 0.5) is 0 Å². The van der Waals surface area contributed by atoms with Crippen LogP contribution in [0.25, 0.3) is 0 Å². The first kappa shape index (κ1) is 18.4. The molecule has 18 heavy (non-hydrogen) atoms. The molecule has 1 radical (unpaired) electrons. The van der Waals surface area contributed by atoms with Crippen molar-refractivity contribution in [2.24, 2.45) is 5.09 Å². The molecule has 0 amide bonds. The van der Waals surface area contributed by atoms with Gasteiger partial charge in [0.05, 0.1) is 5.56 Å². The molecule has 0 aromatic heterocycles. The summed E-state index contributed by atoms with van der Waals surface area (Å²) in [5, 5.41) is 2.28. The molecule has 0 unspecified atom stereocenters. The predicted molar refractivity (Wildman–Crippen MR) is 71.1 cm³/mol. The second-order valence-corrected chi connectivity index (χ2v) is 2.89. The van der Waals surface area contributed by atoms with E-state index in [1.807, 2.05) is 13.8 Å². The zero-order valence-electron chi connectivity index (χ0n) is 11.0. The van der Waals surface area contributed by atoms with Crippen LogP contribution in [0.15, 0.2) is 35.4 Å². The number of ketones is 1. The van der Waals surface area contributed by atoms with Gasteiger partial charge in [0.25, 0.3) is 0 Å². The smallest absolute Gasteiger partial charge is 0.510 e. The lowest BCUT2D eigenvalue weighted by Crippen LogP contribution is -2.06. The van der Waals surface area contributed by atoms with Gasteiger partial charge in [-0.1, -0.05) is 37.1 Å². The molecule has 0 aliphatic rings. The summed E-state index contributed by atoms with van der Waals surface area (Å²) >= 11 is 0. The number of nitrogens with zero attached hydrogens (tertiary/aromatic N) is 1. The molecule has 1 aromatic carbocycles. The van der Waals surface area contributed by atoms with E-state index in [9.17, 15) is 14.5 Å². The molecule has 0 atom stereocenters. The van der Waals surface area contributed by atoms with Crippen molar-refractivity contribution in [1.29, 1.82) is 0 Å². The van der Waals surface area contributed by atoms with Gasteiger partial charge in [0, 0.05) is 0 Å². The molecule has 0 fully saturated rings. The Morgan fingerprint density at radius 3 is 1.94 bits per heavy atom. The highest BCUT2D eigenvalue weighted by Crippen LogP contribution is 1.99. The summed E-state index contributed by atoms with van der Waals surface area (Å²) in [6, 6.07) is 8.34. The van der Waals surface area contributed by atoms with Crippen LogP contribution in [0.3, 0.4) is 0 Å². The number of carbonyl (C=O) groups excluding carboxylic acids is 2. The van der Waals surface area contributed by atoms with Gasteiger partial charge in [0.2, 0.25) is 0 Å². The summed E-state index contributed by atoms with van der Waals surface area (Å²) in [5.74, 6) is -0.421. The van der Waals surface area contributed by atoms with Crippen molar-refractivity contribution in [3.63, 3.8) is 0 Å². The van der Waals surface area contributed by atoms with Gasteiger partial charge in [-0.25, -0.2) is 4.79 Å². The molecule has 0 saturated carbocycles. The number of hydrogen-bond donors (Lipinski definition) is 0. The van der Waals surface area contributed by atoms with E-state index in [0.29, 0.717) is 13.2 Å². The highest BCUT2D eigenvalue weighted by atomic mass is 16.5. The molecule has 97 valence electrons. The van der Waals surface area contributed by atoms with Crippen LogP contribution < -0.4 is 0 Å². The molecular formula is C12H17BNO4. The second-order valence-electron chi connectivity index (χ2n) is 2.89. The largest absolute Gasteiger partial charge is 0.592 e. The van der Waals surface area contributed by atoms with E-state index in [4.69, 9.17) is 0 Å². The van der Waals surface area contributed by atoms with Crippen molar-refractivity contribution in [2.45, 2.75) is 27.7 Å². The minimum absolute atomic E-state index is 0.167. The lowest BCUT2D eigenvalue weighted by atomic mass is 10.2. The Bertz CT molecular complexity index is 350. The summed E-state index contributed by atoms with van der Waals surface area (Å²) in [6.45, 7) is 7.06. The molecule has 0 bridgehead atoms. The topological polar surface area (TPSA) is 72.8 Å². The molecule has 5 nitrogen and oxygen atoms in total. The highest BCUT2D eigenvalue weighted by molar-refractivity contribution is 6.29. The standard InChI is InChI=1S/C7H5BNO3.C3H6O.C2H6/c10-7(12-8-9-11)6-4-2-1-3-5-6;1-3(2)4;1-2/h1-5H;1-2H3;1-2H3. The van der Waals surface area contributed by atoms with Crippen molar-refractivity contribution >= 4 is 19.4 Å². The van der Waals surface area contributed by atoms with Crippen LogP contribution in [0.1, 0.15) is 38.1 Å². The number of nitroso groups, excluding NO2 is 1. The lowest BCUT2D eigenvalue weighted by Gasteiger charge is -1.97. The maximum absolute atomic E-state index is 11.0. The number of Topliss-reactive ketones (excluding diaryl/α,β-unsaturated/α-hetero) is 1. The molecular weight excluding hydrogens is 233 g/mol. The maximum atomic E-state index is 11.0. The fourth-order valence-corrected chi connectivity index (χ4v) is 0.712. The monoisotopic (exact) mass is 250 g/mol. The average molecular weight is 250 g/mol. The molecule has 0 spiro atoms. The van der Waals surface area contributed by atoms with E-state index in [2.05, 4.69) is 9.74 Å². The van der Waals surface area contributed by atoms with Gasteiger partial charge in [0.1, 0.15) is 5.78 Å². The fourth-order valence-electron chi connectivity index (χ4n) is 0.712. The predicted octanol–water partition coefficient (Wildman–Crippen LogP) is 2.77. The van der Waals surface area contributed by atoms with Crippen LogP contribution in [-0.2, 0) is 9.45 Å². The number of carbonyl (C=O) groups is 2. The summed E-state index contributed by atoms with van der Waals surface area (Å²) in [7, 11) is 0.565. The van der Waals surface area contributed by atoms with E-state index in [1.165, 1.54) is 13.8 Å². The second kappa shape index (κ2) is 13.1. The highest BCUT2D eigenvalue weighted by Gasteiger charge is 2.06. The number of benzene rings is 1. The Morgan fingerprint density at radius 2 is 1.56 bits per heavy atom. The molecule has 0 aliphatic carbocycles. The minimum Gasteiger partial charge on any atom is -0.510 e. The van der Waals surface area contributed by atoms with E-state index in [-0.39, 0.29) is 5.78 Å². The van der Waals surface area contributed by atoms with Gasteiger partial charge >= 0.3 is 13.6 Å². The Kier molecular flexibility index (Phi) is 13.4. The van der Waals surface area contributed by atoms with Gasteiger partial charge in [-0.3, -0.25) is 0 Å². The zero-order chi connectivity index (χ0) is 14.4. The summed E-state index contributed by atoms with van der Waals surface area (Å²) in [5.41, 5.74) is 0.386. The number of rotatable bonds is 3. The lowest BCUT2D eigenvalue weighted by molar-refractivity contribution is -0.114. The van der Waals surface area contributed by atoms with E-state index < -0.39 is 5.97 Å². The Morgan fingerprint density at radius 1 is 1.11 bits per heavy atom. The molecule has 0 saturated heterocycles. The SMILES string of the molecule is CC.CC(C)=O.O=N[B]OC(=O)c1ccccc1. The van der Waals surface area contributed by atoms with E-state index in [1.54, 1.807) is 30.3 Å². The average Bonchev–Trinajstić information content (AvgIpc) is 2.38. The molecule has 1 rings (SSSR count). The van der Waals surface area contributed by atoms with Gasteiger partial charge < -0.3 is 9.45 Å². The zero-order valence-corrected chi connectivity index (χ0v) is 11.0. The Labute approximate surface area is 108 Å². The van der Waals surface area contributed by atoms with E-state index >= 15 is 0 Å². The summed E-state index contributed by atoms with van der Waals surface area (Å²) in [6.07, 6.45) is 0. The van der Waals surface area contributed by atoms with Crippen LogP contribution in [0, 0.1) is 4.91 Å². The summed E-state index contributed by atoms with van der Waals surface area (Å²) < 4.78 is 4.33. The molecule has 1 aromatic rings. The Balaban J connectivity index is 0. The van der Waals surface area contributed by atoms with Crippen molar-refractivity contribution in [3.05, 3.63) is 40.8 Å². The molecule has 0 N–H and O–H groups in total. The quantitative estimate of drug-likeness (QED) is 0.610. The van der Waals surface area contributed by atoms with Crippen LogP contribution in [-0.4, -0.2) is 19.4 Å². The van der Waals surface area contributed by atoms with Gasteiger partial charge in [-0.2, -0.15) is 4.91 Å². The third-order valence-electron chi connectivity index (χ3n) is 1.21. The van der Waals surface area contributed by atoms with Gasteiger partial charge in [-0.05, 0) is 26.0 Å². The molecule has 0 heterocycles. The van der Waals surface area contributed by atoms with E-state index in [0.717, 1.165) is 0 Å². The van der Waals surface area contributed by atoms with Crippen molar-refractivity contribution < 1.29 is 14.2 Å². The van der Waals surface area contributed by atoms with Crippen LogP contribution in [0.5, 0.6) is 0 Å². The third kappa shape index (κ3) is 12.1. The summed E-state index contributed by atoms with van der Waals surface area (Å²) in [4.78, 5) is 30.0. The number of hydrogen-bond acceptors (Lipinski definition) is 5. The maximum Gasteiger partial charge on any atom is 0.592 e. The first-order valence-corrected chi connectivity index (χ1v) is 5.45. The van der Waals surface area contributed by atoms with Gasteiger partial charge in [0.15, 0.2) is 0 Å². The Hall–Kier alpha value is -1.98. The first-order valence-electron chi connectivity index (χ1n) is 5.45.